The van der Waals surface area contributed by atoms with Gasteiger partial charge in [0.25, 0.3) is 0 Å². The van der Waals surface area contributed by atoms with E-state index in [0.29, 0.717) is 10.6 Å². The summed E-state index contributed by atoms with van der Waals surface area (Å²) in [7, 11) is -3.63. The van der Waals surface area contributed by atoms with E-state index in [-0.39, 0.29) is 11.4 Å². The maximum atomic E-state index is 11.6. The van der Waals surface area contributed by atoms with E-state index in [2.05, 4.69) is 4.72 Å². The van der Waals surface area contributed by atoms with Crippen molar-refractivity contribution in [1.29, 1.82) is 5.26 Å². The second-order valence-electron chi connectivity index (χ2n) is 2.85. The third-order valence-electron chi connectivity index (χ3n) is 1.85. The fourth-order valence-corrected chi connectivity index (χ4v) is 2.50. The molecule has 0 bridgehead atoms. The van der Waals surface area contributed by atoms with Crippen molar-refractivity contribution in [2.75, 3.05) is 6.54 Å². The smallest absolute Gasteiger partial charge is 0.207 e. The molecule has 6 heteroatoms. The molecule has 0 atom stereocenters. The summed E-state index contributed by atoms with van der Waals surface area (Å²) in [5, 5.41) is 8.68. The number of halogens is 1. The van der Waals surface area contributed by atoms with Gasteiger partial charge in [-0.2, -0.15) is 9.98 Å². The van der Waals surface area contributed by atoms with E-state index in [1.54, 1.807) is 25.1 Å². The van der Waals surface area contributed by atoms with Gasteiger partial charge in [-0.25, -0.2) is 8.42 Å². The Balaban J connectivity index is 3.17. The molecule has 0 fully saturated rings. The van der Waals surface area contributed by atoms with Gasteiger partial charge >= 0.3 is 0 Å². The number of sulfonamides is 1. The predicted molar refractivity (Wildman–Crippen MR) is 57.0 cm³/mol. The monoisotopic (exact) mass is 244 g/mol. The van der Waals surface area contributed by atoms with Crippen LogP contribution in [0.25, 0.3) is 0 Å². The molecule has 0 amide bonds. The van der Waals surface area contributed by atoms with Gasteiger partial charge in [0.15, 0.2) is 0 Å². The van der Waals surface area contributed by atoms with Gasteiger partial charge in [0, 0.05) is 5.02 Å². The van der Waals surface area contributed by atoms with Crippen molar-refractivity contribution in [1.82, 2.24) is 4.72 Å². The molecule has 0 aliphatic carbocycles. The molecule has 1 N–H and O–H groups in total. The molecule has 4 nitrogen and oxygen atoms in total. The van der Waals surface area contributed by atoms with Gasteiger partial charge in [-0.3, -0.25) is 0 Å². The van der Waals surface area contributed by atoms with E-state index in [1.807, 2.05) is 0 Å². The highest BCUT2D eigenvalue weighted by molar-refractivity contribution is 7.89. The van der Waals surface area contributed by atoms with Gasteiger partial charge < -0.3 is 0 Å². The van der Waals surface area contributed by atoms with Crippen LogP contribution in [0.4, 0.5) is 0 Å². The fourth-order valence-electron chi connectivity index (χ4n) is 1.08. The van der Waals surface area contributed by atoms with Gasteiger partial charge in [-0.05, 0) is 24.6 Å². The standard InChI is InChI=1S/C9H9ClN2O2S/c1-7-8(10)3-2-4-9(7)15(13,14)12-6-5-11/h2-4,12H,6H2,1H3. The lowest BCUT2D eigenvalue weighted by atomic mass is 10.2. The first-order valence-electron chi connectivity index (χ1n) is 4.11. The van der Waals surface area contributed by atoms with Gasteiger partial charge in [-0.15, -0.1) is 0 Å². The van der Waals surface area contributed by atoms with Gasteiger partial charge in [-0.1, -0.05) is 17.7 Å². The summed E-state index contributed by atoms with van der Waals surface area (Å²) in [5.41, 5.74) is 0.476. The molecule has 0 aliphatic rings. The second kappa shape index (κ2) is 4.62. The van der Waals surface area contributed by atoms with Crippen molar-refractivity contribution in [3.05, 3.63) is 28.8 Å². The lowest BCUT2D eigenvalue weighted by molar-refractivity contribution is 0.585. The third kappa shape index (κ3) is 2.69. The van der Waals surface area contributed by atoms with Crippen LogP contribution < -0.4 is 4.72 Å². The number of nitrogens with zero attached hydrogens (tertiary/aromatic N) is 1. The number of rotatable bonds is 3. The summed E-state index contributed by atoms with van der Waals surface area (Å²) < 4.78 is 25.4. The van der Waals surface area contributed by atoms with Crippen LogP contribution in [-0.2, 0) is 10.0 Å². The molecule has 1 rings (SSSR count). The molecular formula is C9H9ClN2O2S. The number of nitrogens with one attached hydrogen (secondary N) is 1. The number of nitriles is 1. The van der Waals surface area contributed by atoms with Crippen LogP contribution in [-0.4, -0.2) is 15.0 Å². The highest BCUT2D eigenvalue weighted by Gasteiger charge is 2.16. The van der Waals surface area contributed by atoms with Crippen molar-refractivity contribution in [2.24, 2.45) is 0 Å². The van der Waals surface area contributed by atoms with Crippen LogP contribution in [0.5, 0.6) is 0 Å². The Morgan fingerprint density at radius 1 is 1.53 bits per heavy atom. The van der Waals surface area contributed by atoms with E-state index in [4.69, 9.17) is 16.9 Å². The summed E-state index contributed by atoms with van der Waals surface area (Å²) in [4.78, 5) is 0.102. The number of hydrogen-bond acceptors (Lipinski definition) is 3. The Bertz CT molecular complexity index is 505. The molecule has 1 aromatic carbocycles. The Hall–Kier alpha value is -1.09. The fraction of sp³-hybridized carbons (Fsp3) is 0.222. The van der Waals surface area contributed by atoms with E-state index in [9.17, 15) is 8.42 Å². The molecule has 1 aromatic rings. The van der Waals surface area contributed by atoms with Crippen LogP contribution in [0, 0.1) is 18.3 Å². The van der Waals surface area contributed by atoms with Crippen molar-refractivity contribution in [3.63, 3.8) is 0 Å². The van der Waals surface area contributed by atoms with E-state index >= 15 is 0 Å². The summed E-state index contributed by atoms with van der Waals surface area (Å²) in [6.45, 7) is 1.36. The summed E-state index contributed by atoms with van der Waals surface area (Å²) in [6, 6.07) is 6.31. The normalized spacial score (nSPS) is 11.0. The van der Waals surface area contributed by atoms with Crippen molar-refractivity contribution >= 4 is 21.6 Å². The maximum Gasteiger partial charge on any atom is 0.241 e. The molecule has 0 aromatic heterocycles. The summed E-state index contributed by atoms with van der Waals surface area (Å²) >= 11 is 5.80. The minimum atomic E-state index is -3.63. The molecule has 0 radical (unpaired) electrons. The molecule has 0 saturated carbocycles. The Kier molecular flexibility index (Phi) is 3.69. The zero-order valence-corrected chi connectivity index (χ0v) is 9.56. The first-order valence-corrected chi connectivity index (χ1v) is 5.97. The number of hydrogen-bond donors (Lipinski definition) is 1. The zero-order chi connectivity index (χ0) is 11.5. The zero-order valence-electron chi connectivity index (χ0n) is 7.99. The molecule has 0 unspecified atom stereocenters. The molecule has 0 aliphatic heterocycles. The molecule has 80 valence electrons. The van der Waals surface area contributed by atoms with Crippen molar-refractivity contribution < 1.29 is 8.42 Å². The minimum Gasteiger partial charge on any atom is -0.207 e. The van der Waals surface area contributed by atoms with Gasteiger partial charge in [0.05, 0.1) is 17.5 Å². The van der Waals surface area contributed by atoms with Crippen molar-refractivity contribution in [2.45, 2.75) is 11.8 Å². The molecular weight excluding hydrogens is 236 g/mol. The van der Waals surface area contributed by atoms with E-state index < -0.39 is 10.0 Å². The highest BCUT2D eigenvalue weighted by Crippen LogP contribution is 2.22. The third-order valence-corrected chi connectivity index (χ3v) is 3.80. The average Bonchev–Trinajstić information content (AvgIpc) is 2.19. The Morgan fingerprint density at radius 2 is 2.20 bits per heavy atom. The quantitative estimate of drug-likeness (QED) is 0.819. The van der Waals surface area contributed by atoms with Crippen LogP contribution in [0.15, 0.2) is 23.1 Å². The van der Waals surface area contributed by atoms with Crippen LogP contribution in [0.2, 0.25) is 5.02 Å². The summed E-state index contributed by atoms with van der Waals surface area (Å²) in [6.07, 6.45) is 0. The van der Waals surface area contributed by atoms with Crippen LogP contribution in [0.3, 0.4) is 0 Å². The van der Waals surface area contributed by atoms with Crippen LogP contribution >= 0.6 is 11.6 Å². The molecule has 15 heavy (non-hydrogen) atoms. The highest BCUT2D eigenvalue weighted by atomic mass is 35.5. The van der Waals surface area contributed by atoms with Gasteiger partial charge in [0.2, 0.25) is 10.0 Å². The SMILES string of the molecule is Cc1c(Cl)cccc1S(=O)(=O)NCC#N. The molecule has 0 saturated heterocycles. The Labute approximate surface area is 93.5 Å². The Morgan fingerprint density at radius 3 is 2.80 bits per heavy atom. The van der Waals surface area contributed by atoms with Crippen LogP contribution in [0.1, 0.15) is 5.56 Å². The lowest BCUT2D eigenvalue weighted by Crippen LogP contribution is -2.24. The predicted octanol–water partition coefficient (Wildman–Crippen LogP) is 1.45. The summed E-state index contributed by atoms with van der Waals surface area (Å²) in [5.74, 6) is 0. The minimum absolute atomic E-state index is 0.102. The topological polar surface area (TPSA) is 70.0 Å². The maximum absolute atomic E-state index is 11.6. The van der Waals surface area contributed by atoms with E-state index in [0.717, 1.165) is 0 Å². The second-order valence-corrected chi connectivity index (χ2v) is 4.99. The first-order chi connectivity index (χ1) is 6.99. The lowest BCUT2D eigenvalue weighted by Gasteiger charge is -2.07. The van der Waals surface area contributed by atoms with Crippen molar-refractivity contribution in [3.8, 4) is 6.07 Å². The first kappa shape index (κ1) is 12.0. The largest absolute Gasteiger partial charge is 0.241 e. The molecule has 0 heterocycles. The number of benzene rings is 1. The average molecular weight is 245 g/mol. The van der Waals surface area contributed by atoms with Gasteiger partial charge in [0.1, 0.15) is 0 Å². The molecule has 0 spiro atoms. The van der Waals surface area contributed by atoms with E-state index in [1.165, 1.54) is 6.07 Å².